The summed E-state index contributed by atoms with van der Waals surface area (Å²) in [5, 5.41) is 0. The van der Waals surface area contributed by atoms with E-state index in [-0.39, 0.29) is 23.9 Å². The van der Waals surface area contributed by atoms with E-state index in [1.54, 1.807) is 0 Å². The molecule has 0 aliphatic carbocycles. The van der Waals surface area contributed by atoms with Crippen LogP contribution >= 0.6 is 11.8 Å². The van der Waals surface area contributed by atoms with E-state index in [1.807, 2.05) is 6.92 Å². The second-order valence-corrected chi connectivity index (χ2v) is 4.06. The fourth-order valence-corrected chi connectivity index (χ4v) is 1.88. The van der Waals surface area contributed by atoms with Crippen LogP contribution in [0.4, 0.5) is 0 Å². The molecule has 1 aliphatic rings. The lowest BCUT2D eigenvalue weighted by Crippen LogP contribution is -2.40. The van der Waals surface area contributed by atoms with Crippen LogP contribution in [0.5, 0.6) is 0 Å². The van der Waals surface area contributed by atoms with Crippen molar-refractivity contribution in [3.63, 3.8) is 0 Å². The number of thioether (sulfide) groups is 1. The molecular weight excluding hydrogens is 188 g/mol. The van der Waals surface area contributed by atoms with Crippen LogP contribution in [0.1, 0.15) is 13.3 Å². The molecule has 0 radical (unpaired) electrons. The molecule has 0 spiro atoms. The Hall–Kier alpha value is -0.970. The molecule has 0 aromatic rings. The van der Waals surface area contributed by atoms with Crippen molar-refractivity contribution < 1.29 is 9.59 Å². The molecule has 72 valence electrons. The second kappa shape index (κ2) is 3.83. The van der Waals surface area contributed by atoms with Crippen LogP contribution in [-0.4, -0.2) is 29.5 Å². The summed E-state index contributed by atoms with van der Waals surface area (Å²) in [6.45, 7) is 1.96. The van der Waals surface area contributed by atoms with E-state index in [0.29, 0.717) is 4.91 Å². The number of nitrogens with two attached hydrogens (primary N) is 1. The van der Waals surface area contributed by atoms with E-state index in [9.17, 15) is 9.59 Å². The van der Waals surface area contributed by atoms with Gasteiger partial charge in [0.1, 0.15) is 5.70 Å². The number of nitrogens with zero attached hydrogens (tertiary/aromatic N) is 1. The molecule has 2 N–H and O–H groups in total. The van der Waals surface area contributed by atoms with Crippen LogP contribution in [-0.2, 0) is 9.59 Å². The highest BCUT2D eigenvalue weighted by atomic mass is 32.2. The minimum atomic E-state index is -0.382. The monoisotopic (exact) mass is 200 g/mol. The summed E-state index contributed by atoms with van der Waals surface area (Å²) >= 11 is 1.46. The Morgan fingerprint density at radius 3 is 2.69 bits per heavy atom. The van der Waals surface area contributed by atoms with Gasteiger partial charge in [0.25, 0.3) is 5.91 Å². The van der Waals surface area contributed by atoms with E-state index < -0.39 is 0 Å². The fraction of sp³-hybridized carbons (Fsp3) is 0.500. The Balaban J connectivity index is 2.94. The average molecular weight is 200 g/mol. The molecule has 4 nitrogen and oxygen atoms in total. The molecule has 2 amide bonds. The van der Waals surface area contributed by atoms with Gasteiger partial charge in [0, 0.05) is 12.0 Å². The molecule has 0 saturated heterocycles. The highest BCUT2D eigenvalue weighted by molar-refractivity contribution is 8.03. The van der Waals surface area contributed by atoms with Crippen molar-refractivity contribution in [3.8, 4) is 0 Å². The fourth-order valence-electron chi connectivity index (χ4n) is 1.07. The Kier molecular flexibility index (Phi) is 2.98. The first-order valence-corrected chi connectivity index (χ1v) is 4.98. The Bertz CT molecular complexity index is 286. The van der Waals surface area contributed by atoms with Gasteiger partial charge < -0.3 is 5.73 Å². The SMILES string of the molecule is CCSC1=C(N)C(=O)N(C)C(=O)C1. The van der Waals surface area contributed by atoms with Gasteiger partial charge >= 0.3 is 0 Å². The van der Waals surface area contributed by atoms with Gasteiger partial charge in [-0.25, -0.2) is 0 Å². The zero-order chi connectivity index (χ0) is 10.0. The van der Waals surface area contributed by atoms with Gasteiger partial charge in [-0.1, -0.05) is 6.92 Å². The summed E-state index contributed by atoms with van der Waals surface area (Å²) < 4.78 is 0. The van der Waals surface area contributed by atoms with Crippen LogP contribution in [0.15, 0.2) is 10.6 Å². The quantitative estimate of drug-likeness (QED) is 0.651. The maximum atomic E-state index is 11.3. The molecule has 5 heteroatoms. The van der Waals surface area contributed by atoms with Crippen LogP contribution < -0.4 is 5.73 Å². The standard InChI is InChI=1S/C8H12N2O2S/c1-3-13-5-4-6(11)10(2)8(12)7(5)9/h3-4,9H2,1-2H3. The third-order valence-electron chi connectivity index (χ3n) is 1.84. The van der Waals surface area contributed by atoms with E-state index in [2.05, 4.69) is 0 Å². The molecular formula is C8H12N2O2S. The molecule has 0 fully saturated rings. The number of likely N-dealkylation sites (N-methyl/N-ethyl adjacent to an activating group) is 1. The van der Waals surface area contributed by atoms with Crippen molar-refractivity contribution in [2.75, 3.05) is 12.8 Å². The van der Waals surface area contributed by atoms with Gasteiger partial charge in [-0.3, -0.25) is 14.5 Å². The minimum Gasteiger partial charge on any atom is -0.394 e. The predicted octanol–water partition coefficient (Wildman–Crippen LogP) is 0.298. The van der Waals surface area contributed by atoms with Crippen LogP contribution in [0.25, 0.3) is 0 Å². The maximum Gasteiger partial charge on any atom is 0.276 e. The summed E-state index contributed by atoms with van der Waals surface area (Å²) in [5.74, 6) is 0.252. The molecule has 0 saturated carbocycles. The molecule has 0 bridgehead atoms. The van der Waals surface area contributed by atoms with Crippen molar-refractivity contribution in [1.29, 1.82) is 0 Å². The molecule has 1 rings (SSSR count). The summed E-state index contributed by atoms with van der Waals surface area (Å²) in [7, 11) is 1.45. The molecule has 0 unspecified atom stereocenters. The Labute approximate surface area is 81.1 Å². The van der Waals surface area contributed by atoms with Gasteiger partial charge in [-0.2, -0.15) is 0 Å². The van der Waals surface area contributed by atoms with Gasteiger partial charge in [0.05, 0.1) is 6.42 Å². The number of hydrogen-bond acceptors (Lipinski definition) is 4. The van der Waals surface area contributed by atoms with Crippen LogP contribution in [0, 0.1) is 0 Å². The summed E-state index contributed by atoms with van der Waals surface area (Å²) in [6, 6.07) is 0. The van der Waals surface area contributed by atoms with E-state index in [4.69, 9.17) is 5.73 Å². The zero-order valence-electron chi connectivity index (χ0n) is 7.66. The topological polar surface area (TPSA) is 63.4 Å². The highest BCUT2D eigenvalue weighted by Crippen LogP contribution is 2.26. The summed E-state index contributed by atoms with van der Waals surface area (Å²) in [6.07, 6.45) is 0.257. The Morgan fingerprint density at radius 2 is 2.15 bits per heavy atom. The lowest BCUT2D eigenvalue weighted by Gasteiger charge is -2.22. The van der Waals surface area contributed by atoms with Gasteiger partial charge in [-0.15, -0.1) is 11.8 Å². The van der Waals surface area contributed by atoms with E-state index in [1.165, 1.54) is 18.8 Å². The molecule has 0 aromatic heterocycles. The zero-order valence-corrected chi connectivity index (χ0v) is 8.48. The lowest BCUT2D eigenvalue weighted by molar-refractivity contribution is -0.141. The minimum absolute atomic E-state index is 0.185. The van der Waals surface area contributed by atoms with Crippen LogP contribution in [0.2, 0.25) is 0 Å². The number of carbonyl (C=O) groups excluding carboxylic acids is 2. The van der Waals surface area contributed by atoms with Crippen molar-refractivity contribution in [2.24, 2.45) is 5.73 Å². The van der Waals surface area contributed by atoms with Crippen LogP contribution in [0.3, 0.4) is 0 Å². The van der Waals surface area contributed by atoms with Crippen molar-refractivity contribution in [1.82, 2.24) is 4.90 Å². The highest BCUT2D eigenvalue weighted by Gasteiger charge is 2.28. The maximum absolute atomic E-state index is 11.3. The predicted molar refractivity (Wildman–Crippen MR) is 51.7 cm³/mol. The summed E-state index contributed by atoms with van der Waals surface area (Å²) in [4.78, 5) is 24.3. The molecule has 1 aliphatic heterocycles. The van der Waals surface area contributed by atoms with E-state index in [0.717, 1.165) is 10.7 Å². The smallest absolute Gasteiger partial charge is 0.276 e. The average Bonchev–Trinajstić information content (AvgIpc) is 2.11. The number of hydrogen-bond donors (Lipinski definition) is 1. The largest absolute Gasteiger partial charge is 0.394 e. The van der Waals surface area contributed by atoms with Gasteiger partial charge in [0.2, 0.25) is 5.91 Å². The van der Waals surface area contributed by atoms with E-state index >= 15 is 0 Å². The molecule has 0 atom stereocenters. The first-order chi connectivity index (χ1) is 6.07. The van der Waals surface area contributed by atoms with Crippen molar-refractivity contribution >= 4 is 23.6 Å². The molecule has 13 heavy (non-hydrogen) atoms. The molecule has 0 aromatic carbocycles. The number of imide groups is 1. The third kappa shape index (κ3) is 1.85. The van der Waals surface area contributed by atoms with Crippen molar-refractivity contribution in [2.45, 2.75) is 13.3 Å². The number of rotatable bonds is 2. The number of amides is 2. The first-order valence-electron chi connectivity index (χ1n) is 4.00. The first kappa shape index (κ1) is 10.1. The summed E-state index contributed by atoms with van der Waals surface area (Å²) in [5.41, 5.74) is 5.79. The third-order valence-corrected chi connectivity index (χ3v) is 2.84. The van der Waals surface area contributed by atoms with Crippen molar-refractivity contribution in [3.05, 3.63) is 10.6 Å². The normalized spacial score (nSPS) is 18.5. The molecule has 1 heterocycles. The lowest BCUT2D eigenvalue weighted by atomic mass is 10.2. The second-order valence-electron chi connectivity index (χ2n) is 2.70. The van der Waals surface area contributed by atoms with Gasteiger partial charge in [-0.05, 0) is 5.75 Å². The number of carbonyl (C=O) groups is 2. The Morgan fingerprint density at radius 1 is 1.54 bits per heavy atom. The van der Waals surface area contributed by atoms with Gasteiger partial charge in [0.15, 0.2) is 0 Å².